The third-order valence-electron chi connectivity index (χ3n) is 5.67. The van der Waals surface area contributed by atoms with E-state index in [2.05, 4.69) is 0 Å². The summed E-state index contributed by atoms with van der Waals surface area (Å²) in [6.45, 7) is 0.176. The molecule has 0 spiro atoms. The van der Waals surface area contributed by atoms with Crippen molar-refractivity contribution in [3.8, 4) is 0 Å². The van der Waals surface area contributed by atoms with Gasteiger partial charge in [-0.1, -0.05) is 24.3 Å². The van der Waals surface area contributed by atoms with Crippen molar-refractivity contribution >= 4 is 11.6 Å². The maximum atomic E-state index is 13.2. The number of β-amino-alcohol motifs (C(OH)–C–C–N with tert-alkyl or cyclic N) is 1. The highest BCUT2D eigenvalue weighted by molar-refractivity contribution is 6.06. The summed E-state index contributed by atoms with van der Waals surface area (Å²) in [5, 5.41) is 33.8. The number of rotatable bonds is 6. The van der Waals surface area contributed by atoms with E-state index in [0.29, 0.717) is 0 Å². The molecule has 0 saturated carbocycles. The normalized spacial score (nSPS) is 29.9. The molecule has 1 saturated heterocycles. The Labute approximate surface area is 154 Å². The van der Waals surface area contributed by atoms with Crippen LogP contribution in [0.3, 0.4) is 0 Å². The van der Waals surface area contributed by atoms with Crippen molar-refractivity contribution in [2.75, 3.05) is 26.2 Å². The molecule has 2 aliphatic rings. The minimum atomic E-state index is -2.32. The Kier molecular flexibility index (Phi) is 4.56. The molecule has 3 atom stereocenters. The first-order valence-electron chi connectivity index (χ1n) is 8.47. The highest BCUT2D eigenvalue weighted by Gasteiger charge is 2.77. The third kappa shape index (κ3) is 2.47. The summed E-state index contributed by atoms with van der Waals surface area (Å²) in [5.41, 5.74) is -4.27. The molecule has 1 aliphatic heterocycles. The van der Waals surface area contributed by atoms with Crippen molar-refractivity contribution in [2.45, 2.75) is 24.4 Å². The number of carbonyl (C=O) groups excluding carboxylic acids is 2. The Morgan fingerprint density at radius 1 is 1.22 bits per heavy atom. The van der Waals surface area contributed by atoms with Gasteiger partial charge in [0.05, 0.1) is 19.7 Å². The number of Topliss-reactive ketones (excluding diaryl/α,β-unsaturated/α-hetero) is 2. The fraction of sp³-hybridized carbons (Fsp3) is 0.529. The highest BCUT2D eigenvalue weighted by Crippen LogP contribution is 2.53. The van der Waals surface area contributed by atoms with Gasteiger partial charge in [0.2, 0.25) is 5.78 Å². The van der Waals surface area contributed by atoms with E-state index in [4.69, 9.17) is 0 Å². The van der Waals surface area contributed by atoms with Crippen molar-refractivity contribution < 1.29 is 24.5 Å². The van der Waals surface area contributed by atoms with Crippen LogP contribution in [-0.2, 0) is 10.3 Å². The van der Waals surface area contributed by atoms with Gasteiger partial charge >= 0.3 is 5.54 Å². The van der Waals surface area contributed by atoms with Gasteiger partial charge in [-0.15, -0.1) is 0 Å². The molecule has 3 rings (SSSR count). The van der Waals surface area contributed by atoms with Crippen LogP contribution in [-0.4, -0.2) is 63.2 Å². The lowest BCUT2D eigenvalue weighted by atomic mass is 9.56. The van der Waals surface area contributed by atoms with Crippen LogP contribution in [0.2, 0.25) is 0 Å². The molecule has 0 aromatic heterocycles. The van der Waals surface area contributed by atoms with E-state index in [1.807, 2.05) is 0 Å². The van der Waals surface area contributed by atoms with Gasteiger partial charge in [-0.05, 0) is 6.92 Å². The van der Waals surface area contributed by atoms with Crippen LogP contribution >= 0.6 is 0 Å². The molecule has 1 aromatic carbocycles. The number of aliphatic hydroxyl groups excluding tert-OH is 1. The van der Waals surface area contributed by atoms with Crippen molar-refractivity contribution in [1.82, 2.24) is 4.90 Å². The second-order valence-corrected chi connectivity index (χ2v) is 7.13. The van der Waals surface area contributed by atoms with Gasteiger partial charge in [-0.25, -0.2) is 0 Å². The summed E-state index contributed by atoms with van der Waals surface area (Å²) in [6, 6.07) is 5.83. The minimum absolute atomic E-state index is 0.0469. The average Bonchev–Trinajstić information content (AvgIpc) is 2.60. The smallest absolute Gasteiger partial charge is 0.306 e. The molecule has 0 amide bonds. The number of benzene rings is 1. The lowest BCUT2D eigenvalue weighted by Crippen LogP contribution is -2.75. The largest absolute Gasteiger partial charge is 0.395 e. The van der Waals surface area contributed by atoms with Gasteiger partial charge in [-0.3, -0.25) is 29.9 Å². The summed E-state index contributed by atoms with van der Waals surface area (Å²) in [5.74, 6) is -2.69. The Bertz CT molecular complexity index is 842. The standard InChI is InChI=1S/C17H19N3O7/c1-11(22)8-14-16(19(24)25)9-18(6-7-21)10-17(14,20(26)27)15(23)12-4-2-3-5-13(12)16/h2-5,14,21H,6-10H2,1H3/t14-,16-,17+/m1/s1. The molecule has 10 nitrogen and oxygen atoms in total. The van der Waals surface area contributed by atoms with Crippen molar-refractivity contribution in [2.24, 2.45) is 5.92 Å². The number of ketones is 2. The lowest BCUT2D eigenvalue weighted by molar-refractivity contribution is -0.640. The van der Waals surface area contributed by atoms with E-state index in [1.165, 1.54) is 36.1 Å². The zero-order chi connectivity index (χ0) is 20.0. The van der Waals surface area contributed by atoms with Crippen LogP contribution < -0.4 is 0 Å². The Morgan fingerprint density at radius 2 is 1.81 bits per heavy atom. The molecule has 1 aliphatic carbocycles. The molecule has 27 heavy (non-hydrogen) atoms. The van der Waals surface area contributed by atoms with E-state index in [-0.39, 0.29) is 37.4 Å². The second-order valence-electron chi connectivity index (χ2n) is 7.13. The van der Waals surface area contributed by atoms with E-state index < -0.39 is 44.8 Å². The lowest BCUT2D eigenvalue weighted by Gasteiger charge is -2.50. The molecule has 1 fully saturated rings. The first kappa shape index (κ1) is 19.1. The first-order chi connectivity index (χ1) is 12.7. The first-order valence-corrected chi connectivity index (χ1v) is 8.47. The van der Waals surface area contributed by atoms with Crippen molar-refractivity contribution in [3.63, 3.8) is 0 Å². The Morgan fingerprint density at radius 3 is 2.37 bits per heavy atom. The SMILES string of the molecule is CC(=O)C[C@H]1[C@@]2([N+](=O)[O-])CN(CCO)C[C@@]1([N+](=O)[O-])c1ccccc1C2=O. The summed E-state index contributed by atoms with van der Waals surface area (Å²) in [6.07, 6.45) is -0.449. The van der Waals surface area contributed by atoms with E-state index in [0.717, 1.165) is 0 Å². The third-order valence-corrected chi connectivity index (χ3v) is 5.67. The maximum absolute atomic E-state index is 13.2. The number of nitro groups is 2. The van der Waals surface area contributed by atoms with Gasteiger partial charge in [0.25, 0.3) is 5.54 Å². The zero-order valence-corrected chi connectivity index (χ0v) is 14.7. The molecule has 0 radical (unpaired) electrons. The summed E-state index contributed by atoms with van der Waals surface area (Å²) in [7, 11) is 0. The number of hydrogen-bond donors (Lipinski definition) is 1. The highest BCUT2D eigenvalue weighted by atomic mass is 16.6. The second kappa shape index (κ2) is 6.46. The van der Waals surface area contributed by atoms with Crippen LogP contribution in [0.4, 0.5) is 0 Å². The van der Waals surface area contributed by atoms with E-state index in [1.54, 1.807) is 0 Å². The number of piperidine rings is 1. The van der Waals surface area contributed by atoms with Gasteiger partial charge in [0, 0.05) is 33.9 Å². The quantitative estimate of drug-likeness (QED) is 0.549. The molecule has 144 valence electrons. The van der Waals surface area contributed by atoms with Crippen molar-refractivity contribution in [3.05, 3.63) is 55.6 Å². The van der Waals surface area contributed by atoms with Crippen LogP contribution in [0.25, 0.3) is 0 Å². The zero-order valence-electron chi connectivity index (χ0n) is 14.7. The summed E-state index contributed by atoms with van der Waals surface area (Å²) < 4.78 is 0. The number of aliphatic hydroxyl groups is 1. The minimum Gasteiger partial charge on any atom is -0.395 e. The molecule has 1 N–H and O–H groups in total. The fourth-order valence-corrected chi connectivity index (χ4v) is 4.62. The molecule has 10 heteroatoms. The molecular formula is C17H19N3O7. The fourth-order valence-electron chi connectivity index (χ4n) is 4.62. The molecule has 1 heterocycles. The topological polar surface area (TPSA) is 144 Å². The Balaban J connectivity index is 2.39. The van der Waals surface area contributed by atoms with Crippen LogP contribution in [0, 0.1) is 26.1 Å². The molecule has 1 aromatic rings. The molecule has 2 bridgehead atoms. The van der Waals surface area contributed by atoms with Crippen LogP contribution in [0.15, 0.2) is 24.3 Å². The van der Waals surface area contributed by atoms with Crippen LogP contribution in [0.1, 0.15) is 29.3 Å². The average molecular weight is 377 g/mol. The number of nitrogens with zero attached hydrogens (tertiary/aromatic N) is 3. The van der Waals surface area contributed by atoms with Crippen LogP contribution in [0.5, 0.6) is 0 Å². The monoisotopic (exact) mass is 377 g/mol. The van der Waals surface area contributed by atoms with E-state index in [9.17, 15) is 34.9 Å². The predicted molar refractivity (Wildman–Crippen MR) is 91.5 cm³/mol. The molecular weight excluding hydrogens is 358 g/mol. The van der Waals surface area contributed by atoms with Gasteiger partial charge in [0.1, 0.15) is 11.7 Å². The number of hydrogen-bond acceptors (Lipinski definition) is 8. The maximum Gasteiger partial charge on any atom is 0.306 e. The van der Waals surface area contributed by atoms with Gasteiger partial charge < -0.3 is 9.90 Å². The predicted octanol–water partition coefficient (Wildman–Crippen LogP) is 0.274. The Hall–Kier alpha value is -2.72. The number of fused-ring (bicyclic) bond motifs is 4. The van der Waals surface area contributed by atoms with E-state index >= 15 is 0 Å². The number of likely N-dealkylation sites (tertiary alicyclic amines) is 1. The van der Waals surface area contributed by atoms with Gasteiger partial charge in [0.15, 0.2) is 0 Å². The summed E-state index contributed by atoms with van der Waals surface area (Å²) in [4.78, 5) is 49.6. The van der Waals surface area contributed by atoms with Crippen molar-refractivity contribution in [1.29, 1.82) is 0 Å². The summed E-state index contributed by atoms with van der Waals surface area (Å²) >= 11 is 0. The molecule has 0 unspecified atom stereocenters. The van der Waals surface area contributed by atoms with Gasteiger partial charge in [-0.2, -0.15) is 0 Å². The number of carbonyl (C=O) groups is 2.